The normalized spacial score (nSPS) is 12.4. The van der Waals surface area contributed by atoms with E-state index in [0.29, 0.717) is 39.0 Å². The first-order valence-corrected chi connectivity index (χ1v) is 9.78. The second-order valence-electron chi connectivity index (χ2n) is 6.91. The number of benzene rings is 2. The maximum atomic E-state index is 13.9. The number of hydrogen-bond acceptors (Lipinski definition) is 6. The van der Waals surface area contributed by atoms with Crippen molar-refractivity contribution in [3.8, 4) is 5.69 Å². The Morgan fingerprint density at radius 2 is 2.00 bits per heavy atom. The molecule has 0 amide bonds. The largest absolute Gasteiger partial charge is 0.358 e. The van der Waals surface area contributed by atoms with Crippen molar-refractivity contribution < 1.29 is 4.39 Å². The van der Waals surface area contributed by atoms with Crippen LogP contribution in [0.2, 0.25) is 5.02 Å². The van der Waals surface area contributed by atoms with Crippen LogP contribution in [0.4, 0.5) is 10.2 Å². The van der Waals surface area contributed by atoms with Crippen LogP contribution in [0, 0.1) is 5.82 Å². The van der Waals surface area contributed by atoms with Crippen molar-refractivity contribution in [1.82, 2.24) is 29.5 Å². The van der Waals surface area contributed by atoms with Crippen LogP contribution in [0.25, 0.3) is 27.8 Å². The second kappa shape index (κ2) is 7.44. The third kappa shape index (κ3) is 3.28. The number of halogens is 2. The first-order valence-electron chi connectivity index (χ1n) is 9.40. The molecule has 0 aliphatic carbocycles. The quantitative estimate of drug-likeness (QED) is 0.442. The number of aromatic nitrogens is 6. The van der Waals surface area contributed by atoms with E-state index in [1.54, 1.807) is 24.3 Å². The molecule has 0 radical (unpaired) electrons. The summed E-state index contributed by atoms with van der Waals surface area (Å²) in [6.45, 7) is 1.84. The summed E-state index contributed by atoms with van der Waals surface area (Å²) < 4.78 is 15.2. The fraction of sp³-hybridized carbons (Fsp3) is 0.0952. The number of anilines is 1. The molecule has 1 atom stereocenters. The number of nitrogens with zero attached hydrogens (tertiary/aromatic N) is 5. The summed E-state index contributed by atoms with van der Waals surface area (Å²) in [6, 6.07) is 10.4. The van der Waals surface area contributed by atoms with Crippen LogP contribution in [-0.2, 0) is 0 Å². The molecule has 154 valence electrons. The number of imidazole rings is 1. The van der Waals surface area contributed by atoms with Gasteiger partial charge in [-0.25, -0.2) is 24.3 Å². The number of para-hydroxylation sites is 1. The summed E-state index contributed by atoms with van der Waals surface area (Å²) in [5.74, 6) is 0.357. The Kier molecular flexibility index (Phi) is 4.59. The lowest BCUT2D eigenvalue weighted by Crippen LogP contribution is -2.27. The lowest BCUT2D eigenvalue weighted by atomic mass is 10.2. The first kappa shape index (κ1) is 19.1. The topological polar surface area (TPSA) is 101 Å². The van der Waals surface area contributed by atoms with Gasteiger partial charge in [-0.2, -0.15) is 0 Å². The average molecular weight is 436 g/mol. The van der Waals surface area contributed by atoms with Crippen LogP contribution >= 0.6 is 11.6 Å². The highest BCUT2D eigenvalue weighted by atomic mass is 35.5. The molecule has 0 saturated heterocycles. The minimum absolute atomic E-state index is 0.160. The molecule has 0 bridgehead atoms. The lowest BCUT2D eigenvalue weighted by Gasteiger charge is -2.20. The Morgan fingerprint density at radius 1 is 1.16 bits per heavy atom. The molecule has 2 N–H and O–H groups in total. The third-order valence-corrected chi connectivity index (χ3v) is 5.23. The number of fused-ring (bicyclic) bond motifs is 2. The van der Waals surface area contributed by atoms with Gasteiger partial charge in [-0.05, 0) is 37.3 Å². The van der Waals surface area contributed by atoms with Crippen molar-refractivity contribution in [3.05, 3.63) is 82.1 Å². The van der Waals surface area contributed by atoms with E-state index in [2.05, 4.69) is 30.2 Å². The number of rotatable bonds is 4. The van der Waals surface area contributed by atoms with Crippen molar-refractivity contribution >= 4 is 39.5 Å². The van der Waals surface area contributed by atoms with Crippen molar-refractivity contribution in [3.63, 3.8) is 0 Å². The van der Waals surface area contributed by atoms with Crippen LogP contribution < -0.4 is 10.9 Å². The van der Waals surface area contributed by atoms with E-state index in [1.165, 1.54) is 35.4 Å². The maximum Gasteiger partial charge on any atom is 0.266 e. The summed E-state index contributed by atoms with van der Waals surface area (Å²) in [7, 11) is 0. The summed E-state index contributed by atoms with van der Waals surface area (Å²) in [5, 5.41) is 3.77. The van der Waals surface area contributed by atoms with E-state index in [9.17, 15) is 9.18 Å². The molecule has 3 heterocycles. The van der Waals surface area contributed by atoms with E-state index >= 15 is 0 Å². The molecule has 8 nitrogen and oxygen atoms in total. The zero-order chi connectivity index (χ0) is 21.5. The lowest BCUT2D eigenvalue weighted by molar-refractivity contribution is 0.629. The SMILES string of the molecule is CC(Nc1ncnc2[nH]cnc12)c1nc2ccc(F)cc2c(=O)n1-c1ccccc1Cl. The van der Waals surface area contributed by atoms with E-state index in [1.807, 2.05) is 6.92 Å². The van der Waals surface area contributed by atoms with Gasteiger partial charge in [-0.3, -0.25) is 9.36 Å². The van der Waals surface area contributed by atoms with Gasteiger partial charge in [0, 0.05) is 0 Å². The number of H-pyrrole nitrogens is 1. The van der Waals surface area contributed by atoms with Crippen LogP contribution in [0.15, 0.2) is 59.9 Å². The number of nitrogens with one attached hydrogen (secondary N) is 2. The fourth-order valence-electron chi connectivity index (χ4n) is 3.47. The van der Waals surface area contributed by atoms with Gasteiger partial charge in [-0.15, -0.1) is 0 Å². The summed E-state index contributed by atoms with van der Waals surface area (Å²) >= 11 is 6.40. The van der Waals surface area contributed by atoms with Gasteiger partial charge < -0.3 is 10.3 Å². The molecule has 5 rings (SSSR count). The molecule has 0 saturated carbocycles. The highest BCUT2D eigenvalue weighted by molar-refractivity contribution is 6.32. The monoisotopic (exact) mass is 435 g/mol. The van der Waals surface area contributed by atoms with Gasteiger partial charge in [0.1, 0.15) is 23.5 Å². The molecule has 31 heavy (non-hydrogen) atoms. The van der Waals surface area contributed by atoms with Gasteiger partial charge in [0.25, 0.3) is 5.56 Å². The van der Waals surface area contributed by atoms with Gasteiger partial charge in [0.15, 0.2) is 11.5 Å². The minimum Gasteiger partial charge on any atom is -0.358 e. The first-order chi connectivity index (χ1) is 15.0. The third-order valence-electron chi connectivity index (χ3n) is 4.91. The van der Waals surface area contributed by atoms with Crippen molar-refractivity contribution in [2.75, 3.05) is 5.32 Å². The van der Waals surface area contributed by atoms with Crippen LogP contribution in [0.3, 0.4) is 0 Å². The molecule has 2 aromatic carbocycles. The highest BCUT2D eigenvalue weighted by Crippen LogP contribution is 2.26. The Morgan fingerprint density at radius 3 is 2.84 bits per heavy atom. The van der Waals surface area contributed by atoms with Crippen molar-refractivity contribution in [1.29, 1.82) is 0 Å². The van der Waals surface area contributed by atoms with Crippen LogP contribution in [0.5, 0.6) is 0 Å². The molecule has 10 heteroatoms. The number of hydrogen-bond donors (Lipinski definition) is 2. The Bertz CT molecular complexity index is 1500. The highest BCUT2D eigenvalue weighted by Gasteiger charge is 2.21. The second-order valence-corrected chi connectivity index (χ2v) is 7.32. The van der Waals surface area contributed by atoms with E-state index in [0.717, 1.165) is 0 Å². The fourth-order valence-corrected chi connectivity index (χ4v) is 3.69. The van der Waals surface area contributed by atoms with E-state index in [-0.39, 0.29) is 5.39 Å². The molecule has 3 aromatic heterocycles. The molecular weight excluding hydrogens is 421 g/mol. The minimum atomic E-state index is -0.516. The smallest absolute Gasteiger partial charge is 0.266 e. The molecule has 1 unspecified atom stereocenters. The van der Waals surface area contributed by atoms with Gasteiger partial charge in [-0.1, -0.05) is 23.7 Å². The molecule has 0 aliphatic rings. The maximum absolute atomic E-state index is 13.9. The molecular formula is C21H15ClFN7O. The van der Waals surface area contributed by atoms with Crippen molar-refractivity contribution in [2.45, 2.75) is 13.0 Å². The van der Waals surface area contributed by atoms with E-state index < -0.39 is 17.4 Å². The standard InChI is InChI=1S/C21H15ClFN7O/c1-11(28-19-17-18(25-9-24-17)26-10-27-19)20-29-15-7-6-12(23)8-13(15)21(31)30(20)16-5-3-2-4-14(16)22/h2-11H,1H3,(H2,24,25,26,27,28). The predicted octanol–water partition coefficient (Wildman–Crippen LogP) is 4.02. The average Bonchev–Trinajstić information content (AvgIpc) is 3.25. The molecule has 0 spiro atoms. The molecule has 5 aromatic rings. The van der Waals surface area contributed by atoms with Crippen molar-refractivity contribution in [2.24, 2.45) is 0 Å². The summed E-state index contributed by atoms with van der Waals surface area (Å²) in [4.78, 5) is 33.6. The zero-order valence-electron chi connectivity index (χ0n) is 16.2. The Hall–Kier alpha value is -3.85. The zero-order valence-corrected chi connectivity index (χ0v) is 16.9. The van der Waals surface area contributed by atoms with Crippen LogP contribution in [0.1, 0.15) is 18.8 Å². The Labute approximate surface area is 179 Å². The van der Waals surface area contributed by atoms with Gasteiger partial charge in [0.05, 0.1) is 34.0 Å². The number of aromatic amines is 1. The van der Waals surface area contributed by atoms with Crippen LogP contribution in [-0.4, -0.2) is 29.5 Å². The Balaban J connectivity index is 1.72. The molecule has 0 fully saturated rings. The van der Waals surface area contributed by atoms with Gasteiger partial charge in [0.2, 0.25) is 0 Å². The summed E-state index contributed by atoms with van der Waals surface area (Å²) in [6.07, 6.45) is 2.94. The van der Waals surface area contributed by atoms with Gasteiger partial charge >= 0.3 is 0 Å². The predicted molar refractivity (Wildman–Crippen MR) is 116 cm³/mol. The van der Waals surface area contributed by atoms with E-state index in [4.69, 9.17) is 11.6 Å². The summed E-state index contributed by atoms with van der Waals surface area (Å²) in [5.41, 5.74) is 1.54. The molecule has 0 aliphatic heterocycles.